The Labute approximate surface area is 71.0 Å². The molecule has 0 aromatic carbocycles. The summed E-state index contributed by atoms with van der Waals surface area (Å²) >= 11 is 0. The molecule has 0 radical (unpaired) electrons. The second kappa shape index (κ2) is 3.23. The maximum Gasteiger partial charge on any atom is 0.0410 e. The first-order valence-corrected chi connectivity index (χ1v) is 5.60. The summed E-state index contributed by atoms with van der Waals surface area (Å²) in [6, 6.07) is 0. The first-order valence-electron chi connectivity index (χ1n) is 4.11. The fraction of sp³-hybridized carbons (Fsp3) is 1.00. The molecule has 1 unspecified atom stereocenters. The van der Waals surface area contributed by atoms with E-state index in [2.05, 4.69) is 0 Å². The topological polar surface area (TPSA) is 43.1 Å². The van der Waals surface area contributed by atoms with E-state index in [-0.39, 0.29) is 5.54 Å². The Morgan fingerprint density at radius 2 is 2.09 bits per heavy atom. The maximum absolute atomic E-state index is 11.3. The molecule has 0 aromatic rings. The molecule has 1 saturated carbocycles. The zero-order valence-electron chi connectivity index (χ0n) is 7.30. The first-order chi connectivity index (χ1) is 4.97. The number of hydrogen-bond acceptors (Lipinski definition) is 2. The lowest BCUT2D eigenvalue weighted by Crippen LogP contribution is -2.38. The van der Waals surface area contributed by atoms with Crippen LogP contribution in [0.1, 0.15) is 26.7 Å². The van der Waals surface area contributed by atoms with Gasteiger partial charge in [-0.05, 0) is 32.6 Å². The Morgan fingerprint density at radius 3 is 2.45 bits per heavy atom. The molecule has 0 aliphatic heterocycles. The predicted octanol–water partition coefficient (Wildman–Crippen LogP) is 0.882. The van der Waals surface area contributed by atoms with Gasteiger partial charge < -0.3 is 5.73 Å². The zero-order valence-corrected chi connectivity index (χ0v) is 8.12. The number of nitrogens with two attached hydrogens (primary N) is 1. The molecule has 1 aliphatic carbocycles. The molecule has 0 heterocycles. The Balaban J connectivity index is 2.19. The van der Waals surface area contributed by atoms with Gasteiger partial charge >= 0.3 is 0 Å². The molecule has 2 nitrogen and oxygen atoms in total. The van der Waals surface area contributed by atoms with Gasteiger partial charge in [0.05, 0.1) is 0 Å². The second-order valence-corrected chi connectivity index (χ2v) is 5.68. The van der Waals surface area contributed by atoms with Gasteiger partial charge in [-0.15, -0.1) is 0 Å². The maximum atomic E-state index is 11.3. The van der Waals surface area contributed by atoms with E-state index in [9.17, 15) is 4.21 Å². The van der Waals surface area contributed by atoms with E-state index >= 15 is 0 Å². The van der Waals surface area contributed by atoms with Crippen LogP contribution in [0.5, 0.6) is 0 Å². The van der Waals surface area contributed by atoms with Crippen molar-refractivity contribution in [1.29, 1.82) is 0 Å². The molecule has 1 fully saturated rings. The summed E-state index contributed by atoms with van der Waals surface area (Å²) in [7, 11) is -0.682. The molecule has 0 bridgehead atoms. The van der Waals surface area contributed by atoms with Crippen LogP contribution in [0.25, 0.3) is 0 Å². The van der Waals surface area contributed by atoms with Crippen molar-refractivity contribution in [1.82, 2.24) is 0 Å². The van der Waals surface area contributed by atoms with Crippen LogP contribution in [0.4, 0.5) is 0 Å². The molecule has 3 heteroatoms. The minimum atomic E-state index is -0.682. The van der Waals surface area contributed by atoms with Crippen LogP contribution in [0, 0.1) is 5.92 Å². The van der Waals surface area contributed by atoms with Crippen molar-refractivity contribution in [3.05, 3.63) is 0 Å². The summed E-state index contributed by atoms with van der Waals surface area (Å²) in [6.45, 7) is 3.86. The summed E-state index contributed by atoms with van der Waals surface area (Å²) in [4.78, 5) is 0. The Hall–Kier alpha value is 0.110. The fourth-order valence-corrected chi connectivity index (χ4v) is 2.83. The van der Waals surface area contributed by atoms with Crippen molar-refractivity contribution in [2.75, 3.05) is 11.5 Å². The van der Waals surface area contributed by atoms with Gasteiger partial charge in [-0.25, -0.2) is 0 Å². The molecule has 1 atom stereocenters. The van der Waals surface area contributed by atoms with Gasteiger partial charge in [-0.3, -0.25) is 4.21 Å². The molecule has 0 aromatic heterocycles. The first kappa shape index (κ1) is 9.20. The molecular formula is C8H17NOS. The summed E-state index contributed by atoms with van der Waals surface area (Å²) in [5.74, 6) is 2.27. The van der Waals surface area contributed by atoms with E-state index in [4.69, 9.17) is 5.73 Å². The summed E-state index contributed by atoms with van der Waals surface area (Å²) in [5, 5.41) is 0. The van der Waals surface area contributed by atoms with E-state index in [1.54, 1.807) is 0 Å². The standard InChI is InChI=1S/C8H17NOS/c1-8(2,9)6-11(10)5-7-3-4-7/h7H,3-6,9H2,1-2H3. The highest BCUT2D eigenvalue weighted by molar-refractivity contribution is 7.85. The largest absolute Gasteiger partial charge is 0.325 e. The van der Waals surface area contributed by atoms with Crippen molar-refractivity contribution in [3.8, 4) is 0 Å². The number of rotatable bonds is 4. The molecular weight excluding hydrogens is 158 g/mol. The van der Waals surface area contributed by atoms with E-state index in [0.717, 1.165) is 11.7 Å². The highest BCUT2D eigenvalue weighted by Gasteiger charge is 2.25. The monoisotopic (exact) mass is 175 g/mol. The minimum Gasteiger partial charge on any atom is -0.325 e. The van der Waals surface area contributed by atoms with Gasteiger partial charge in [-0.2, -0.15) is 0 Å². The summed E-state index contributed by atoms with van der Waals surface area (Å²) in [6.07, 6.45) is 2.55. The van der Waals surface area contributed by atoms with Crippen molar-refractivity contribution in [2.45, 2.75) is 32.2 Å². The molecule has 11 heavy (non-hydrogen) atoms. The predicted molar refractivity (Wildman–Crippen MR) is 48.9 cm³/mol. The average Bonchev–Trinajstić information content (AvgIpc) is 2.42. The van der Waals surface area contributed by atoms with E-state index in [1.165, 1.54) is 12.8 Å². The smallest absolute Gasteiger partial charge is 0.0410 e. The Bertz CT molecular complexity index is 158. The highest BCUT2D eigenvalue weighted by atomic mass is 32.2. The lowest BCUT2D eigenvalue weighted by molar-refractivity contribution is 0.576. The van der Waals surface area contributed by atoms with Crippen LogP contribution < -0.4 is 5.73 Å². The van der Waals surface area contributed by atoms with Gasteiger partial charge in [0.15, 0.2) is 0 Å². The highest BCUT2D eigenvalue weighted by Crippen LogP contribution is 2.29. The van der Waals surface area contributed by atoms with E-state index in [1.807, 2.05) is 13.8 Å². The Morgan fingerprint density at radius 1 is 1.55 bits per heavy atom. The van der Waals surface area contributed by atoms with Gasteiger partial charge in [0.2, 0.25) is 0 Å². The van der Waals surface area contributed by atoms with E-state index in [0.29, 0.717) is 5.75 Å². The SMILES string of the molecule is CC(C)(N)CS(=O)CC1CC1. The Kier molecular flexibility index (Phi) is 2.70. The van der Waals surface area contributed by atoms with Crippen LogP contribution >= 0.6 is 0 Å². The van der Waals surface area contributed by atoms with E-state index < -0.39 is 10.8 Å². The van der Waals surface area contributed by atoms with Crippen LogP contribution in [0.2, 0.25) is 0 Å². The third kappa shape index (κ3) is 4.53. The van der Waals surface area contributed by atoms with Crippen molar-refractivity contribution < 1.29 is 4.21 Å². The van der Waals surface area contributed by atoms with Crippen molar-refractivity contribution in [3.63, 3.8) is 0 Å². The summed E-state index contributed by atoms with van der Waals surface area (Å²) < 4.78 is 11.3. The average molecular weight is 175 g/mol. The van der Waals surface area contributed by atoms with Gasteiger partial charge in [0, 0.05) is 27.8 Å². The molecule has 0 spiro atoms. The molecule has 1 aliphatic rings. The molecule has 0 amide bonds. The lowest BCUT2D eigenvalue weighted by atomic mass is 10.1. The van der Waals surface area contributed by atoms with Crippen molar-refractivity contribution in [2.24, 2.45) is 11.7 Å². The molecule has 0 saturated heterocycles. The minimum absolute atomic E-state index is 0.264. The van der Waals surface area contributed by atoms with Gasteiger partial charge in [-0.1, -0.05) is 0 Å². The van der Waals surface area contributed by atoms with Gasteiger partial charge in [0.1, 0.15) is 0 Å². The molecule has 66 valence electrons. The van der Waals surface area contributed by atoms with Crippen LogP contribution in [-0.4, -0.2) is 21.3 Å². The zero-order chi connectivity index (χ0) is 8.48. The third-order valence-electron chi connectivity index (χ3n) is 1.65. The quantitative estimate of drug-likeness (QED) is 0.689. The number of hydrogen-bond donors (Lipinski definition) is 1. The third-order valence-corrected chi connectivity index (χ3v) is 3.56. The van der Waals surface area contributed by atoms with Crippen LogP contribution in [-0.2, 0) is 10.8 Å². The van der Waals surface area contributed by atoms with Gasteiger partial charge in [0.25, 0.3) is 0 Å². The van der Waals surface area contributed by atoms with Crippen molar-refractivity contribution >= 4 is 10.8 Å². The van der Waals surface area contributed by atoms with Crippen LogP contribution in [0.3, 0.4) is 0 Å². The lowest BCUT2D eigenvalue weighted by Gasteiger charge is -2.17. The summed E-state index contributed by atoms with van der Waals surface area (Å²) in [5.41, 5.74) is 5.48. The normalized spacial score (nSPS) is 21.7. The fourth-order valence-electron chi connectivity index (χ4n) is 1.02. The molecule has 2 N–H and O–H groups in total. The molecule has 1 rings (SSSR count). The second-order valence-electron chi connectivity index (χ2n) is 4.18. The van der Waals surface area contributed by atoms with Crippen LogP contribution in [0.15, 0.2) is 0 Å².